The molecule has 0 aliphatic heterocycles. The van der Waals surface area contributed by atoms with Crippen LogP contribution in [-0.4, -0.2) is 17.0 Å². The van der Waals surface area contributed by atoms with E-state index in [2.05, 4.69) is 5.32 Å². The summed E-state index contributed by atoms with van der Waals surface area (Å²) in [6, 6.07) is 19.2. The van der Waals surface area contributed by atoms with Gasteiger partial charge in [0.05, 0.1) is 10.6 Å². The number of halogens is 1. The number of carboxylic acid groups (broad SMARTS) is 1. The molecule has 0 radical (unpaired) electrons. The van der Waals surface area contributed by atoms with Crippen LogP contribution in [0.5, 0.6) is 0 Å². The molecule has 2 aromatic carbocycles. The summed E-state index contributed by atoms with van der Waals surface area (Å²) in [6.07, 6.45) is 1.25. The minimum absolute atomic E-state index is 0.186. The van der Waals surface area contributed by atoms with Crippen molar-refractivity contribution in [3.63, 3.8) is 0 Å². The molecule has 130 valence electrons. The highest BCUT2D eigenvalue weighted by atomic mass is 35.5. The molecule has 1 amide bonds. The number of carbonyl (C=O) groups excluding carboxylic acids is 1. The smallest absolute Gasteiger partial charge is 0.352 e. The molecule has 6 heteroatoms. The summed E-state index contributed by atoms with van der Waals surface area (Å²) in [7, 11) is 0. The number of carbonyl (C=O) groups is 2. The average Bonchev–Trinajstić information content (AvgIpc) is 3.11. The Hall–Kier alpha value is -3.31. The van der Waals surface area contributed by atoms with E-state index < -0.39 is 11.9 Å². The van der Waals surface area contributed by atoms with E-state index in [1.807, 2.05) is 30.3 Å². The lowest BCUT2D eigenvalue weighted by Crippen LogP contribution is -2.27. The molecule has 0 bridgehead atoms. The molecule has 1 heterocycles. The Morgan fingerprint density at radius 1 is 0.962 bits per heavy atom. The third kappa shape index (κ3) is 4.02. The Kier molecular flexibility index (Phi) is 5.20. The second-order valence-corrected chi connectivity index (χ2v) is 5.77. The van der Waals surface area contributed by atoms with Gasteiger partial charge in [-0.05, 0) is 24.3 Å². The van der Waals surface area contributed by atoms with Crippen LogP contribution in [0.1, 0.15) is 16.1 Å². The molecule has 0 atom stereocenters. The van der Waals surface area contributed by atoms with Gasteiger partial charge in [-0.25, -0.2) is 4.79 Å². The molecule has 0 saturated heterocycles. The third-order valence-electron chi connectivity index (χ3n) is 3.57. The van der Waals surface area contributed by atoms with Crippen LogP contribution in [-0.2, 0) is 4.79 Å². The van der Waals surface area contributed by atoms with E-state index in [0.29, 0.717) is 11.5 Å². The van der Waals surface area contributed by atoms with E-state index in [0.717, 1.165) is 5.56 Å². The zero-order valence-corrected chi connectivity index (χ0v) is 14.2. The van der Waals surface area contributed by atoms with Crippen LogP contribution in [0.25, 0.3) is 17.4 Å². The van der Waals surface area contributed by atoms with Crippen molar-refractivity contribution in [2.75, 3.05) is 0 Å². The lowest BCUT2D eigenvalue weighted by molar-refractivity contribution is -0.132. The fraction of sp³-hybridized carbons (Fsp3) is 0. The Bertz CT molecular complexity index is 976. The summed E-state index contributed by atoms with van der Waals surface area (Å²) in [4.78, 5) is 23.7. The van der Waals surface area contributed by atoms with Crippen LogP contribution in [0.15, 0.2) is 76.8 Å². The van der Waals surface area contributed by atoms with Crippen LogP contribution in [0, 0.1) is 0 Å². The summed E-state index contributed by atoms with van der Waals surface area (Å²) >= 11 is 5.97. The molecule has 2 N–H and O–H groups in total. The molecular weight excluding hydrogens is 354 g/mol. The van der Waals surface area contributed by atoms with Gasteiger partial charge in [-0.1, -0.05) is 54.1 Å². The molecule has 0 aliphatic carbocycles. The highest BCUT2D eigenvalue weighted by Gasteiger charge is 2.16. The lowest BCUT2D eigenvalue weighted by atomic mass is 10.2. The standard InChI is InChI=1S/C20H14ClNO4/c21-16-9-5-4-8-15(16)19(23)22-17(20(24)25)12-14-10-11-18(26-14)13-6-2-1-3-7-13/h1-12H,(H,22,23)(H,24,25)/b17-12+. The molecule has 5 nitrogen and oxygen atoms in total. The summed E-state index contributed by atoms with van der Waals surface area (Å²) in [5.74, 6) is -0.998. The Morgan fingerprint density at radius 2 is 1.65 bits per heavy atom. The first-order chi connectivity index (χ1) is 12.5. The van der Waals surface area contributed by atoms with Crippen LogP contribution < -0.4 is 5.32 Å². The van der Waals surface area contributed by atoms with E-state index in [-0.39, 0.29) is 16.3 Å². The van der Waals surface area contributed by atoms with E-state index in [9.17, 15) is 14.7 Å². The highest BCUT2D eigenvalue weighted by Crippen LogP contribution is 2.23. The van der Waals surface area contributed by atoms with Gasteiger partial charge < -0.3 is 14.8 Å². The van der Waals surface area contributed by atoms with E-state index >= 15 is 0 Å². The van der Waals surface area contributed by atoms with E-state index in [1.165, 1.54) is 12.1 Å². The molecule has 1 aromatic heterocycles. The van der Waals surface area contributed by atoms with Gasteiger partial charge in [0.2, 0.25) is 0 Å². The van der Waals surface area contributed by atoms with Crippen molar-refractivity contribution < 1.29 is 19.1 Å². The topological polar surface area (TPSA) is 79.5 Å². The van der Waals surface area contributed by atoms with Crippen molar-refractivity contribution in [3.8, 4) is 11.3 Å². The van der Waals surface area contributed by atoms with Crippen molar-refractivity contribution in [1.82, 2.24) is 5.32 Å². The predicted molar refractivity (Wildman–Crippen MR) is 98.7 cm³/mol. The van der Waals surface area contributed by atoms with Gasteiger partial charge in [-0.15, -0.1) is 0 Å². The second-order valence-electron chi connectivity index (χ2n) is 5.37. The Morgan fingerprint density at radius 3 is 2.35 bits per heavy atom. The van der Waals surface area contributed by atoms with E-state index in [1.54, 1.807) is 30.3 Å². The number of aliphatic carboxylic acids is 1. The second kappa shape index (κ2) is 7.72. The predicted octanol–water partition coefficient (Wildman–Crippen LogP) is 4.46. The zero-order valence-electron chi connectivity index (χ0n) is 13.5. The van der Waals surface area contributed by atoms with Crippen LogP contribution in [0.4, 0.5) is 0 Å². The van der Waals surface area contributed by atoms with Crippen LogP contribution in [0.2, 0.25) is 5.02 Å². The number of furan rings is 1. The van der Waals surface area contributed by atoms with Crippen molar-refractivity contribution in [2.24, 2.45) is 0 Å². The zero-order chi connectivity index (χ0) is 18.5. The third-order valence-corrected chi connectivity index (χ3v) is 3.90. The van der Waals surface area contributed by atoms with Crippen molar-refractivity contribution in [3.05, 3.63) is 88.8 Å². The maximum Gasteiger partial charge on any atom is 0.352 e. The molecule has 0 fully saturated rings. The summed E-state index contributed by atoms with van der Waals surface area (Å²) < 4.78 is 5.64. The van der Waals surface area contributed by atoms with Crippen LogP contribution in [0.3, 0.4) is 0 Å². The number of hydrogen-bond donors (Lipinski definition) is 2. The van der Waals surface area contributed by atoms with Gasteiger partial charge in [-0.3, -0.25) is 4.79 Å². The van der Waals surface area contributed by atoms with Crippen LogP contribution >= 0.6 is 11.6 Å². The molecular formula is C20H14ClNO4. The van der Waals surface area contributed by atoms with Gasteiger partial charge >= 0.3 is 5.97 Å². The van der Waals surface area contributed by atoms with Gasteiger partial charge in [0, 0.05) is 11.6 Å². The first kappa shape index (κ1) is 17.5. The largest absolute Gasteiger partial charge is 0.477 e. The summed E-state index contributed by atoms with van der Waals surface area (Å²) in [6.45, 7) is 0. The highest BCUT2D eigenvalue weighted by molar-refractivity contribution is 6.34. The maximum atomic E-state index is 12.3. The maximum absolute atomic E-state index is 12.3. The lowest BCUT2D eigenvalue weighted by Gasteiger charge is -2.07. The fourth-order valence-corrected chi connectivity index (χ4v) is 2.54. The number of rotatable bonds is 5. The molecule has 0 saturated carbocycles. The Labute approximate surface area is 154 Å². The van der Waals surface area contributed by atoms with Gasteiger partial charge in [0.15, 0.2) is 0 Å². The molecule has 0 unspecified atom stereocenters. The fourth-order valence-electron chi connectivity index (χ4n) is 2.32. The number of hydrogen-bond acceptors (Lipinski definition) is 3. The molecule has 26 heavy (non-hydrogen) atoms. The first-order valence-electron chi connectivity index (χ1n) is 7.71. The number of carboxylic acids is 1. The number of nitrogens with one attached hydrogen (secondary N) is 1. The van der Waals surface area contributed by atoms with Gasteiger partial charge in [0.25, 0.3) is 5.91 Å². The number of benzene rings is 2. The van der Waals surface area contributed by atoms with Gasteiger partial charge in [-0.2, -0.15) is 0 Å². The first-order valence-corrected chi connectivity index (χ1v) is 8.08. The average molecular weight is 368 g/mol. The van der Waals surface area contributed by atoms with Gasteiger partial charge in [0.1, 0.15) is 17.2 Å². The normalized spacial score (nSPS) is 11.2. The minimum atomic E-state index is -1.29. The monoisotopic (exact) mass is 367 g/mol. The van der Waals surface area contributed by atoms with Crippen molar-refractivity contribution in [2.45, 2.75) is 0 Å². The van der Waals surface area contributed by atoms with Crippen molar-refractivity contribution in [1.29, 1.82) is 0 Å². The Balaban J connectivity index is 1.84. The van der Waals surface area contributed by atoms with E-state index in [4.69, 9.17) is 16.0 Å². The minimum Gasteiger partial charge on any atom is -0.477 e. The molecule has 0 spiro atoms. The molecule has 3 rings (SSSR count). The van der Waals surface area contributed by atoms with Crippen molar-refractivity contribution >= 4 is 29.6 Å². The quantitative estimate of drug-likeness (QED) is 0.653. The SMILES string of the molecule is O=C(O)/C(=C\c1ccc(-c2ccccc2)o1)NC(=O)c1ccccc1Cl. The summed E-state index contributed by atoms with van der Waals surface area (Å²) in [5, 5.41) is 12.0. The summed E-state index contributed by atoms with van der Waals surface area (Å²) in [5.41, 5.74) is 0.735. The molecule has 0 aliphatic rings. The number of amides is 1. The molecule has 3 aromatic rings.